The third-order valence-electron chi connectivity index (χ3n) is 3.36. The first-order valence-corrected chi connectivity index (χ1v) is 6.79. The second kappa shape index (κ2) is 6.55. The Hall–Kier alpha value is -1.35. The van der Waals surface area contributed by atoms with Gasteiger partial charge in [-0.1, -0.05) is 6.08 Å². The Kier molecular flexibility index (Phi) is 4.76. The molecule has 18 heavy (non-hydrogen) atoms. The van der Waals surface area contributed by atoms with E-state index >= 15 is 0 Å². The first-order chi connectivity index (χ1) is 8.81. The molecule has 1 aliphatic rings. The van der Waals surface area contributed by atoms with E-state index in [1.807, 2.05) is 18.5 Å². The summed E-state index contributed by atoms with van der Waals surface area (Å²) in [7, 11) is 2.14. The van der Waals surface area contributed by atoms with Crippen molar-refractivity contribution in [3.63, 3.8) is 0 Å². The molecule has 0 bridgehead atoms. The van der Waals surface area contributed by atoms with Crippen molar-refractivity contribution in [3.05, 3.63) is 36.7 Å². The zero-order valence-corrected chi connectivity index (χ0v) is 11.2. The maximum Gasteiger partial charge on any atom is 0.0595 e. The standard InChI is InChI=1S/C15H23N3/c1-3-4-5-10-18(2)15-12-16-9-8-13(15)11-17-14-6-7-14/h3,8-9,12,14,17H,1,4-7,10-11H2,2H3. The van der Waals surface area contributed by atoms with E-state index in [0.29, 0.717) is 0 Å². The van der Waals surface area contributed by atoms with Crippen LogP contribution in [0.25, 0.3) is 0 Å². The summed E-state index contributed by atoms with van der Waals surface area (Å²) >= 11 is 0. The van der Waals surface area contributed by atoms with Crippen molar-refractivity contribution in [2.45, 2.75) is 38.3 Å². The Morgan fingerprint density at radius 2 is 2.39 bits per heavy atom. The molecular formula is C15H23N3. The Morgan fingerprint density at radius 3 is 3.11 bits per heavy atom. The Balaban J connectivity index is 1.93. The van der Waals surface area contributed by atoms with Gasteiger partial charge in [0.15, 0.2) is 0 Å². The highest BCUT2D eigenvalue weighted by atomic mass is 15.1. The monoisotopic (exact) mass is 245 g/mol. The van der Waals surface area contributed by atoms with Crippen LogP contribution in [-0.2, 0) is 6.54 Å². The molecule has 0 saturated heterocycles. The molecule has 1 aliphatic carbocycles. The molecule has 98 valence electrons. The molecule has 1 aromatic heterocycles. The molecule has 0 unspecified atom stereocenters. The Morgan fingerprint density at radius 1 is 1.56 bits per heavy atom. The molecule has 1 heterocycles. The highest BCUT2D eigenvalue weighted by Crippen LogP contribution is 2.22. The van der Waals surface area contributed by atoms with Gasteiger partial charge >= 0.3 is 0 Å². The number of nitrogens with one attached hydrogen (secondary N) is 1. The summed E-state index contributed by atoms with van der Waals surface area (Å²) in [5.74, 6) is 0. The lowest BCUT2D eigenvalue weighted by Crippen LogP contribution is -2.23. The quantitative estimate of drug-likeness (QED) is 0.564. The fraction of sp³-hybridized carbons (Fsp3) is 0.533. The minimum Gasteiger partial charge on any atom is -0.373 e. The summed E-state index contributed by atoms with van der Waals surface area (Å²) in [6.45, 7) is 5.77. The van der Waals surface area contributed by atoms with Gasteiger partial charge in [0.2, 0.25) is 0 Å². The fourth-order valence-corrected chi connectivity index (χ4v) is 2.04. The molecule has 1 aromatic rings. The van der Waals surface area contributed by atoms with Crippen molar-refractivity contribution in [1.82, 2.24) is 10.3 Å². The van der Waals surface area contributed by atoms with Crippen LogP contribution in [0.1, 0.15) is 31.2 Å². The van der Waals surface area contributed by atoms with Crippen LogP contribution < -0.4 is 10.2 Å². The number of hydrogen-bond donors (Lipinski definition) is 1. The van der Waals surface area contributed by atoms with Gasteiger partial charge in [-0.05, 0) is 37.3 Å². The minimum absolute atomic E-state index is 0.747. The third kappa shape index (κ3) is 3.84. The van der Waals surface area contributed by atoms with E-state index in [1.54, 1.807) is 0 Å². The molecule has 0 aliphatic heterocycles. The highest BCUT2D eigenvalue weighted by Gasteiger charge is 2.20. The average molecular weight is 245 g/mol. The number of unbranched alkanes of at least 4 members (excludes halogenated alkanes) is 1. The van der Waals surface area contributed by atoms with Crippen LogP contribution in [0.4, 0.5) is 5.69 Å². The second-order valence-corrected chi connectivity index (χ2v) is 5.01. The molecule has 0 radical (unpaired) electrons. The summed E-state index contributed by atoms with van der Waals surface area (Å²) < 4.78 is 0. The van der Waals surface area contributed by atoms with Crippen LogP contribution in [0, 0.1) is 0 Å². The van der Waals surface area contributed by atoms with Gasteiger partial charge in [0.1, 0.15) is 0 Å². The van der Waals surface area contributed by atoms with Gasteiger partial charge in [0.25, 0.3) is 0 Å². The lowest BCUT2D eigenvalue weighted by atomic mass is 10.2. The molecule has 3 heteroatoms. The smallest absolute Gasteiger partial charge is 0.0595 e. The predicted molar refractivity (Wildman–Crippen MR) is 76.8 cm³/mol. The van der Waals surface area contributed by atoms with E-state index in [-0.39, 0.29) is 0 Å². The molecular weight excluding hydrogens is 222 g/mol. The Bertz CT molecular complexity index is 385. The zero-order valence-electron chi connectivity index (χ0n) is 11.2. The first kappa shape index (κ1) is 13.1. The number of aromatic nitrogens is 1. The van der Waals surface area contributed by atoms with Crippen molar-refractivity contribution in [2.75, 3.05) is 18.5 Å². The largest absolute Gasteiger partial charge is 0.373 e. The molecule has 0 amide bonds. The van der Waals surface area contributed by atoms with Gasteiger partial charge in [-0.2, -0.15) is 0 Å². The average Bonchev–Trinajstić information content (AvgIpc) is 3.21. The Labute approximate surface area is 110 Å². The number of rotatable bonds is 8. The summed E-state index contributed by atoms with van der Waals surface area (Å²) in [6.07, 6.45) is 10.7. The molecule has 0 aromatic carbocycles. The molecule has 3 nitrogen and oxygen atoms in total. The van der Waals surface area contributed by atoms with E-state index in [4.69, 9.17) is 0 Å². The molecule has 2 rings (SSSR count). The van der Waals surface area contributed by atoms with Crippen molar-refractivity contribution < 1.29 is 0 Å². The molecule has 1 N–H and O–H groups in total. The zero-order chi connectivity index (χ0) is 12.8. The van der Waals surface area contributed by atoms with Crippen molar-refractivity contribution in [1.29, 1.82) is 0 Å². The van der Waals surface area contributed by atoms with E-state index in [9.17, 15) is 0 Å². The van der Waals surface area contributed by atoms with Crippen molar-refractivity contribution in [2.24, 2.45) is 0 Å². The van der Waals surface area contributed by atoms with Gasteiger partial charge in [-0.3, -0.25) is 4.98 Å². The second-order valence-electron chi connectivity index (χ2n) is 5.01. The maximum absolute atomic E-state index is 4.25. The summed E-state index contributed by atoms with van der Waals surface area (Å²) in [4.78, 5) is 6.54. The van der Waals surface area contributed by atoms with Crippen molar-refractivity contribution >= 4 is 5.69 Å². The number of anilines is 1. The predicted octanol–water partition coefficient (Wildman–Crippen LogP) is 2.74. The van der Waals surface area contributed by atoms with Crippen molar-refractivity contribution in [3.8, 4) is 0 Å². The normalized spacial score (nSPS) is 14.5. The van der Waals surface area contributed by atoms with Crippen LogP contribution in [0.3, 0.4) is 0 Å². The van der Waals surface area contributed by atoms with Crippen LogP contribution >= 0.6 is 0 Å². The number of pyridine rings is 1. The van der Waals surface area contributed by atoms with E-state index in [2.05, 4.69) is 34.9 Å². The van der Waals surface area contributed by atoms with Crippen LogP contribution in [0.15, 0.2) is 31.1 Å². The number of nitrogens with zero attached hydrogens (tertiary/aromatic N) is 2. The molecule has 1 saturated carbocycles. The molecule has 0 atom stereocenters. The summed E-state index contributed by atoms with van der Waals surface area (Å²) in [5, 5.41) is 3.56. The van der Waals surface area contributed by atoms with Gasteiger partial charge in [0.05, 0.1) is 11.9 Å². The first-order valence-electron chi connectivity index (χ1n) is 6.79. The minimum atomic E-state index is 0.747. The van der Waals surface area contributed by atoms with Gasteiger partial charge in [-0.15, -0.1) is 6.58 Å². The van der Waals surface area contributed by atoms with Gasteiger partial charge < -0.3 is 10.2 Å². The summed E-state index contributed by atoms with van der Waals surface area (Å²) in [6, 6.07) is 2.87. The van der Waals surface area contributed by atoms with Gasteiger partial charge in [-0.25, -0.2) is 0 Å². The number of hydrogen-bond acceptors (Lipinski definition) is 3. The number of allylic oxidation sites excluding steroid dienone is 1. The molecule has 0 spiro atoms. The maximum atomic E-state index is 4.25. The van der Waals surface area contributed by atoms with Crippen LogP contribution in [-0.4, -0.2) is 24.6 Å². The lowest BCUT2D eigenvalue weighted by molar-refractivity contribution is 0.683. The van der Waals surface area contributed by atoms with E-state index in [1.165, 1.54) is 24.1 Å². The van der Waals surface area contributed by atoms with E-state index in [0.717, 1.165) is 32.0 Å². The SMILES string of the molecule is C=CCCCN(C)c1cnccc1CNC1CC1. The molecule has 1 fully saturated rings. The fourth-order valence-electron chi connectivity index (χ4n) is 2.04. The summed E-state index contributed by atoms with van der Waals surface area (Å²) in [5.41, 5.74) is 2.59. The van der Waals surface area contributed by atoms with E-state index < -0.39 is 0 Å². The van der Waals surface area contributed by atoms with Gasteiger partial charge in [0, 0.05) is 32.4 Å². The lowest BCUT2D eigenvalue weighted by Gasteiger charge is -2.22. The topological polar surface area (TPSA) is 28.2 Å². The third-order valence-corrected chi connectivity index (χ3v) is 3.36. The highest BCUT2D eigenvalue weighted by molar-refractivity contribution is 5.50. The van der Waals surface area contributed by atoms with Crippen LogP contribution in [0.5, 0.6) is 0 Å². The van der Waals surface area contributed by atoms with Crippen LogP contribution in [0.2, 0.25) is 0 Å².